The van der Waals surface area contributed by atoms with E-state index < -0.39 is 50.1 Å². The van der Waals surface area contributed by atoms with E-state index in [1.165, 1.54) is 24.3 Å². The molecular formula is C28H30Cl5O10P. The summed E-state index contributed by atoms with van der Waals surface area (Å²) in [5.74, 6) is -2.34. The van der Waals surface area contributed by atoms with E-state index in [1.54, 1.807) is 48.5 Å². The van der Waals surface area contributed by atoms with Gasteiger partial charge in [-0.15, -0.1) is 0 Å². The molecule has 0 unspecified atom stereocenters. The maximum atomic E-state index is 13.3. The van der Waals surface area contributed by atoms with Crippen molar-refractivity contribution < 1.29 is 46.7 Å². The van der Waals surface area contributed by atoms with Gasteiger partial charge in [0.2, 0.25) is 13.6 Å². The Bertz CT molecular complexity index is 1410. The molecule has 2 aromatic carbocycles. The van der Waals surface area contributed by atoms with Crippen LogP contribution in [0.3, 0.4) is 0 Å². The van der Waals surface area contributed by atoms with E-state index in [0.29, 0.717) is 11.1 Å². The van der Waals surface area contributed by atoms with Crippen LogP contribution in [0, 0.1) is 10.8 Å². The van der Waals surface area contributed by atoms with Gasteiger partial charge in [0, 0.05) is 6.08 Å². The van der Waals surface area contributed by atoms with Gasteiger partial charge in [-0.2, -0.15) is 0 Å². The number of ether oxygens (including phenoxy) is 3. The Hall–Kier alpha value is -2.01. The summed E-state index contributed by atoms with van der Waals surface area (Å²) in [6, 6.07) is 5.89. The number of hydrogen-bond donors (Lipinski definition) is 0. The zero-order valence-electron chi connectivity index (χ0n) is 24.7. The molecule has 44 heavy (non-hydrogen) atoms. The highest BCUT2D eigenvalue weighted by atomic mass is 35.5. The van der Waals surface area contributed by atoms with E-state index >= 15 is 0 Å². The van der Waals surface area contributed by atoms with Gasteiger partial charge in [-0.1, -0.05) is 70.1 Å². The lowest BCUT2D eigenvalue weighted by Crippen LogP contribution is -2.25. The van der Waals surface area contributed by atoms with Crippen LogP contribution in [-0.2, 0) is 37.5 Å². The van der Waals surface area contributed by atoms with E-state index in [1.807, 2.05) is 0 Å². The fraction of sp³-hybridized carbons (Fsp3) is 0.393. The van der Waals surface area contributed by atoms with E-state index in [9.17, 15) is 18.9 Å². The van der Waals surface area contributed by atoms with Crippen molar-refractivity contribution in [3.8, 4) is 11.5 Å². The molecule has 0 aliphatic heterocycles. The van der Waals surface area contributed by atoms with Crippen LogP contribution in [0.1, 0.15) is 54.0 Å². The fourth-order valence-electron chi connectivity index (χ4n) is 2.78. The van der Waals surface area contributed by atoms with Gasteiger partial charge in [-0.3, -0.25) is 9.59 Å². The molecule has 2 rings (SSSR count). The molecule has 0 heterocycles. The number of carbonyl (C=O) groups excluding carboxylic acids is 3. The molecule has 0 aliphatic carbocycles. The number of benzene rings is 2. The third-order valence-corrected chi connectivity index (χ3v) is 8.78. The molecule has 2 aromatic rings. The topological polar surface area (TPSA) is 124 Å². The first-order valence-corrected chi connectivity index (χ1v) is 16.0. The van der Waals surface area contributed by atoms with Crippen molar-refractivity contribution in [1.29, 1.82) is 0 Å². The van der Waals surface area contributed by atoms with Crippen LogP contribution in [0.5, 0.6) is 11.5 Å². The van der Waals surface area contributed by atoms with E-state index in [0.717, 1.165) is 6.08 Å². The third-order valence-electron chi connectivity index (χ3n) is 5.26. The third kappa shape index (κ3) is 10.8. The molecule has 0 bridgehead atoms. The van der Waals surface area contributed by atoms with Crippen molar-refractivity contribution in [3.63, 3.8) is 0 Å². The van der Waals surface area contributed by atoms with Gasteiger partial charge < -0.3 is 18.7 Å². The Kier molecular flexibility index (Phi) is 13.5. The number of phosphoric ester groups is 1. The van der Waals surface area contributed by atoms with Gasteiger partial charge in [0.15, 0.2) is 5.75 Å². The zero-order valence-corrected chi connectivity index (χ0v) is 29.4. The minimum absolute atomic E-state index is 0.0146. The first kappa shape index (κ1) is 38.2. The van der Waals surface area contributed by atoms with Gasteiger partial charge in [-0.25, -0.2) is 18.4 Å². The molecular weight excluding hydrogens is 705 g/mol. The summed E-state index contributed by atoms with van der Waals surface area (Å²) in [5, 5.41) is -0.739. The molecule has 0 saturated carbocycles. The molecule has 0 aromatic heterocycles. The van der Waals surface area contributed by atoms with Crippen LogP contribution in [0.4, 0.5) is 0 Å². The van der Waals surface area contributed by atoms with Gasteiger partial charge >= 0.3 is 25.7 Å². The van der Waals surface area contributed by atoms with Crippen LogP contribution in [0.25, 0.3) is 5.57 Å². The predicted molar refractivity (Wildman–Crippen MR) is 168 cm³/mol. The van der Waals surface area contributed by atoms with Crippen molar-refractivity contribution in [3.05, 3.63) is 61.0 Å². The van der Waals surface area contributed by atoms with Crippen molar-refractivity contribution in [2.75, 3.05) is 13.6 Å². The standard InChI is InChI=1S/C28H30Cl5O10P/c1-15(12-18(34)42-24-22(32)20(30)19(29)21(31)23(24)33)16-8-10-17(11-9-16)43-44(37,40-13-38-25(35)27(2,3)4)41-14-39-26(36)28(5,6)7/h8-12H,13-14H2,1-7H3. The average Bonchev–Trinajstić information content (AvgIpc) is 2.92. The normalized spacial score (nSPS) is 12.5. The second kappa shape index (κ2) is 15.5. The maximum absolute atomic E-state index is 13.3. The molecule has 0 fully saturated rings. The molecule has 0 radical (unpaired) electrons. The van der Waals surface area contributed by atoms with Crippen LogP contribution in [-0.4, -0.2) is 31.5 Å². The highest BCUT2D eigenvalue weighted by Crippen LogP contribution is 2.50. The first-order chi connectivity index (χ1) is 20.2. The smallest absolute Gasteiger partial charge is 0.437 e. The van der Waals surface area contributed by atoms with Crippen molar-refractivity contribution in [2.24, 2.45) is 10.8 Å². The monoisotopic (exact) mass is 732 g/mol. The Balaban J connectivity index is 2.18. The lowest BCUT2D eigenvalue weighted by Gasteiger charge is -2.21. The first-order valence-electron chi connectivity index (χ1n) is 12.6. The maximum Gasteiger partial charge on any atom is 0.535 e. The number of allylic oxidation sites excluding steroid dienone is 1. The lowest BCUT2D eigenvalue weighted by molar-refractivity contribution is -0.162. The SMILES string of the molecule is CC(=CC(=O)Oc1c(Cl)c(Cl)c(Cl)c(Cl)c1Cl)c1ccc(OP(=O)(OCOC(=O)C(C)(C)C)OCOC(=O)C(C)(C)C)cc1. The minimum Gasteiger partial charge on any atom is -0.437 e. The molecule has 0 aliphatic rings. The van der Waals surface area contributed by atoms with Gasteiger partial charge in [-0.05, 0) is 71.7 Å². The number of esters is 3. The Morgan fingerprint density at radius 1 is 0.727 bits per heavy atom. The molecule has 16 heteroatoms. The summed E-state index contributed by atoms with van der Waals surface area (Å²) in [6.45, 7) is 9.83. The van der Waals surface area contributed by atoms with Gasteiger partial charge in [0.25, 0.3) is 0 Å². The molecule has 0 N–H and O–H groups in total. The van der Waals surface area contributed by atoms with Crippen molar-refractivity contribution in [2.45, 2.75) is 48.5 Å². The average molecular weight is 735 g/mol. The van der Waals surface area contributed by atoms with Crippen molar-refractivity contribution >= 4 is 89.3 Å². The molecule has 0 spiro atoms. The molecule has 0 amide bonds. The van der Waals surface area contributed by atoms with Crippen molar-refractivity contribution in [1.82, 2.24) is 0 Å². The quantitative estimate of drug-likeness (QED) is 0.0419. The zero-order chi connectivity index (χ0) is 33.6. The number of carbonyl (C=O) groups is 3. The van der Waals surface area contributed by atoms with Crippen LogP contribution in [0.2, 0.25) is 25.1 Å². The van der Waals surface area contributed by atoms with Gasteiger partial charge in [0.1, 0.15) is 15.8 Å². The summed E-state index contributed by atoms with van der Waals surface area (Å²) < 4.78 is 44.3. The second-order valence-corrected chi connectivity index (χ2v) is 14.6. The molecule has 0 atom stereocenters. The minimum atomic E-state index is -4.48. The largest absolute Gasteiger partial charge is 0.535 e. The molecule has 10 nitrogen and oxygen atoms in total. The highest BCUT2D eigenvalue weighted by Gasteiger charge is 2.33. The molecule has 0 saturated heterocycles. The summed E-state index contributed by atoms with van der Waals surface area (Å²) in [4.78, 5) is 36.7. The van der Waals surface area contributed by atoms with E-state index in [2.05, 4.69) is 0 Å². The van der Waals surface area contributed by atoms with E-state index in [4.69, 9.17) is 85.8 Å². The number of phosphoric acid groups is 1. The number of hydrogen-bond acceptors (Lipinski definition) is 10. The number of rotatable bonds is 11. The van der Waals surface area contributed by atoms with Crippen LogP contribution >= 0.6 is 65.8 Å². The summed E-state index contributed by atoms with van der Waals surface area (Å²) in [7, 11) is -4.48. The highest BCUT2D eigenvalue weighted by molar-refractivity contribution is 7.48. The second-order valence-electron chi connectivity index (χ2n) is 11.1. The summed E-state index contributed by atoms with van der Waals surface area (Å²) in [5.41, 5.74) is -0.719. The Morgan fingerprint density at radius 2 is 1.14 bits per heavy atom. The van der Waals surface area contributed by atoms with E-state index in [-0.39, 0.29) is 36.6 Å². The van der Waals surface area contributed by atoms with Gasteiger partial charge in [0.05, 0.1) is 25.9 Å². The molecule has 242 valence electrons. The Labute approximate surface area is 280 Å². The van der Waals surface area contributed by atoms with Crippen LogP contribution < -0.4 is 9.26 Å². The lowest BCUT2D eigenvalue weighted by atomic mass is 9.98. The predicted octanol–water partition coefficient (Wildman–Crippen LogP) is 9.58. The number of halogens is 5. The Morgan fingerprint density at radius 3 is 1.55 bits per heavy atom. The fourth-order valence-corrected chi connectivity index (χ4v) is 4.91. The summed E-state index contributed by atoms with van der Waals surface area (Å²) >= 11 is 30.2. The summed E-state index contributed by atoms with van der Waals surface area (Å²) in [6.07, 6.45) is 1.16. The van der Waals surface area contributed by atoms with Crippen LogP contribution in [0.15, 0.2) is 30.3 Å².